The van der Waals surface area contributed by atoms with Crippen molar-refractivity contribution < 1.29 is 14.3 Å². The van der Waals surface area contributed by atoms with Crippen molar-refractivity contribution in [1.29, 1.82) is 0 Å². The van der Waals surface area contributed by atoms with Crippen molar-refractivity contribution in [3.05, 3.63) is 11.6 Å². The van der Waals surface area contributed by atoms with Crippen LogP contribution in [0.5, 0.6) is 0 Å². The van der Waals surface area contributed by atoms with E-state index in [-0.39, 0.29) is 17.8 Å². The molecule has 4 heteroatoms. The van der Waals surface area contributed by atoms with Crippen LogP contribution in [0.2, 0.25) is 0 Å². The third-order valence-corrected chi connectivity index (χ3v) is 3.18. The molecule has 0 aromatic rings. The zero-order valence-electron chi connectivity index (χ0n) is 11.6. The molecule has 1 saturated heterocycles. The minimum absolute atomic E-state index is 0.0471. The first-order valence-electron chi connectivity index (χ1n) is 6.72. The Balaban J connectivity index is 2.61. The summed E-state index contributed by atoms with van der Waals surface area (Å²) in [6, 6.07) is 0. The lowest BCUT2D eigenvalue weighted by Crippen LogP contribution is -2.43. The first-order chi connectivity index (χ1) is 8.60. The lowest BCUT2D eigenvalue weighted by molar-refractivity contribution is -0.150. The van der Waals surface area contributed by atoms with E-state index < -0.39 is 0 Å². The van der Waals surface area contributed by atoms with Crippen LogP contribution < -0.4 is 0 Å². The molecule has 0 aliphatic carbocycles. The number of allylic oxidation sites excluding steroid dienone is 1. The topological polar surface area (TPSA) is 46.6 Å². The van der Waals surface area contributed by atoms with Crippen LogP contribution in [-0.4, -0.2) is 36.5 Å². The second-order valence-electron chi connectivity index (χ2n) is 4.64. The minimum atomic E-state index is -0.174. The Morgan fingerprint density at radius 1 is 1.39 bits per heavy atom. The molecule has 18 heavy (non-hydrogen) atoms. The molecule has 0 bridgehead atoms. The highest BCUT2D eigenvalue weighted by atomic mass is 16.5. The Labute approximate surface area is 109 Å². The van der Waals surface area contributed by atoms with Crippen LogP contribution in [0.3, 0.4) is 0 Å². The second kappa shape index (κ2) is 7.19. The molecule has 0 spiro atoms. The fraction of sp³-hybridized carbons (Fsp3) is 0.714. The van der Waals surface area contributed by atoms with Crippen LogP contribution in [0.4, 0.5) is 0 Å². The number of amides is 1. The molecule has 1 aliphatic heterocycles. The van der Waals surface area contributed by atoms with Gasteiger partial charge >= 0.3 is 5.97 Å². The summed E-state index contributed by atoms with van der Waals surface area (Å²) in [7, 11) is 0. The van der Waals surface area contributed by atoms with Crippen molar-refractivity contribution in [2.75, 3.05) is 19.7 Å². The van der Waals surface area contributed by atoms with Gasteiger partial charge in [0.15, 0.2) is 0 Å². The van der Waals surface area contributed by atoms with Crippen molar-refractivity contribution in [1.82, 2.24) is 4.90 Å². The molecule has 0 unspecified atom stereocenters. The quantitative estimate of drug-likeness (QED) is 0.569. The maximum atomic E-state index is 12.1. The average Bonchev–Trinajstić information content (AvgIpc) is 2.38. The van der Waals surface area contributed by atoms with Gasteiger partial charge in [0.2, 0.25) is 5.91 Å². The molecular weight excluding hydrogens is 230 g/mol. The van der Waals surface area contributed by atoms with Crippen LogP contribution in [0.1, 0.15) is 40.0 Å². The summed E-state index contributed by atoms with van der Waals surface area (Å²) < 4.78 is 5.03. The zero-order valence-corrected chi connectivity index (χ0v) is 11.6. The highest BCUT2D eigenvalue weighted by molar-refractivity contribution is 5.93. The van der Waals surface area contributed by atoms with Gasteiger partial charge in [0.1, 0.15) is 0 Å². The molecule has 1 rings (SSSR count). The van der Waals surface area contributed by atoms with Gasteiger partial charge < -0.3 is 9.64 Å². The molecule has 1 fully saturated rings. The van der Waals surface area contributed by atoms with Crippen molar-refractivity contribution in [2.45, 2.75) is 40.0 Å². The number of likely N-dealkylation sites (tertiary alicyclic amines) is 1. The van der Waals surface area contributed by atoms with E-state index in [0.717, 1.165) is 31.4 Å². The van der Waals surface area contributed by atoms with E-state index in [1.807, 2.05) is 19.9 Å². The van der Waals surface area contributed by atoms with Crippen LogP contribution in [0.25, 0.3) is 0 Å². The molecule has 0 saturated carbocycles. The van der Waals surface area contributed by atoms with E-state index in [0.29, 0.717) is 13.2 Å². The molecular formula is C14H23NO3. The lowest BCUT2D eigenvalue weighted by atomic mass is 9.97. The number of hydrogen-bond acceptors (Lipinski definition) is 3. The summed E-state index contributed by atoms with van der Waals surface area (Å²) in [6.07, 6.45) is 4.47. The largest absolute Gasteiger partial charge is 0.466 e. The molecule has 0 aromatic heterocycles. The molecule has 102 valence electrons. The van der Waals surface area contributed by atoms with E-state index >= 15 is 0 Å². The van der Waals surface area contributed by atoms with Crippen molar-refractivity contribution >= 4 is 11.9 Å². The summed E-state index contributed by atoms with van der Waals surface area (Å²) in [5.41, 5.74) is 0.766. The number of carbonyl (C=O) groups excluding carboxylic acids is 2. The third-order valence-electron chi connectivity index (χ3n) is 3.18. The Hall–Kier alpha value is -1.32. The first kappa shape index (κ1) is 14.7. The van der Waals surface area contributed by atoms with Crippen LogP contribution in [0, 0.1) is 5.92 Å². The molecule has 0 N–H and O–H groups in total. The van der Waals surface area contributed by atoms with Crippen LogP contribution in [0.15, 0.2) is 11.6 Å². The first-order valence-corrected chi connectivity index (χ1v) is 6.72. The third kappa shape index (κ3) is 3.86. The van der Waals surface area contributed by atoms with E-state index in [9.17, 15) is 9.59 Å². The number of rotatable bonds is 4. The van der Waals surface area contributed by atoms with Crippen molar-refractivity contribution in [3.63, 3.8) is 0 Å². The van der Waals surface area contributed by atoms with Crippen molar-refractivity contribution in [2.24, 2.45) is 5.92 Å². The normalized spacial score (nSPS) is 20.7. The highest BCUT2D eigenvalue weighted by Gasteiger charge is 2.29. The standard InChI is InChI=1S/C14H23NO3/c1-4-7-11(3)13(16)15-9-6-8-12(10-15)14(17)18-5-2/h7,12H,4-6,8-10H2,1-3H3/b11-7+/t12-/m0/s1. The maximum Gasteiger partial charge on any atom is 0.310 e. The monoisotopic (exact) mass is 253 g/mol. The lowest BCUT2D eigenvalue weighted by Gasteiger charge is -2.31. The Morgan fingerprint density at radius 3 is 2.72 bits per heavy atom. The number of nitrogens with zero attached hydrogens (tertiary/aromatic N) is 1. The summed E-state index contributed by atoms with van der Waals surface area (Å²) in [6.45, 7) is 7.28. The Bertz CT molecular complexity index is 336. The second-order valence-corrected chi connectivity index (χ2v) is 4.64. The maximum absolute atomic E-state index is 12.1. The molecule has 0 aromatic carbocycles. The number of piperidine rings is 1. The van der Waals surface area contributed by atoms with Gasteiger partial charge in [0.05, 0.1) is 12.5 Å². The number of hydrogen-bond donors (Lipinski definition) is 0. The van der Waals surface area contributed by atoms with Gasteiger partial charge in [-0.05, 0) is 33.1 Å². The van der Waals surface area contributed by atoms with Crippen molar-refractivity contribution in [3.8, 4) is 0 Å². The smallest absolute Gasteiger partial charge is 0.310 e. The van der Waals surface area contributed by atoms with Gasteiger partial charge in [0, 0.05) is 18.7 Å². The molecule has 1 aliphatic rings. The van der Waals surface area contributed by atoms with E-state index in [1.165, 1.54) is 0 Å². The number of esters is 1. The minimum Gasteiger partial charge on any atom is -0.466 e. The van der Waals surface area contributed by atoms with Crippen LogP contribution >= 0.6 is 0 Å². The summed E-state index contributed by atoms with van der Waals surface area (Å²) >= 11 is 0. The van der Waals surface area contributed by atoms with E-state index in [4.69, 9.17) is 4.74 Å². The van der Waals surface area contributed by atoms with E-state index in [1.54, 1.807) is 11.8 Å². The Morgan fingerprint density at radius 2 is 2.11 bits per heavy atom. The highest BCUT2D eigenvalue weighted by Crippen LogP contribution is 2.19. The van der Waals surface area contributed by atoms with Gasteiger partial charge in [-0.1, -0.05) is 13.0 Å². The zero-order chi connectivity index (χ0) is 13.5. The summed E-state index contributed by atoms with van der Waals surface area (Å²) in [4.78, 5) is 25.6. The Kier molecular flexibility index (Phi) is 5.89. The fourth-order valence-electron chi connectivity index (χ4n) is 2.26. The summed E-state index contributed by atoms with van der Waals surface area (Å²) in [5, 5.41) is 0. The summed E-state index contributed by atoms with van der Waals surface area (Å²) in [5.74, 6) is -0.282. The van der Waals surface area contributed by atoms with E-state index in [2.05, 4.69) is 0 Å². The van der Waals surface area contributed by atoms with Gasteiger partial charge in [0.25, 0.3) is 0 Å². The van der Waals surface area contributed by atoms with Gasteiger partial charge in [-0.15, -0.1) is 0 Å². The average molecular weight is 253 g/mol. The molecule has 1 amide bonds. The van der Waals surface area contributed by atoms with Crippen LogP contribution in [-0.2, 0) is 14.3 Å². The number of carbonyl (C=O) groups is 2. The molecule has 1 heterocycles. The van der Waals surface area contributed by atoms with Gasteiger partial charge in [-0.2, -0.15) is 0 Å². The SMILES string of the molecule is CC/C=C(\C)C(=O)N1CCC[C@H](C(=O)OCC)C1. The predicted molar refractivity (Wildman–Crippen MR) is 70.0 cm³/mol. The molecule has 0 radical (unpaired) electrons. The molecule has 4 nitrogen and oxygen atoms in total. The van der Waals surface area contributed by atoms with Gasteiger partial charge in [-0.25, -0.2) is 0 Å². The fourth-order valence-corrected chi connectivity index (χ4v) is 2.26. The van der Waals surface area contributed by atoms with Gasteiger partial charge in [-0.3, -0.25) is 9.59 Å². The molecule has 1 atom stereocenters. The number of ether oxygens (including phenoxy) is 1. The predicted octanol–water partition coefficient (Wildman–Crippen LogP) is 2.14.